The van der Waals surface area contributed by atoms with Gasteiger partial charge < -0.3 is 14.2 Å². The van der Waals surface area contributed by atoms with Gasteiger partial charge in [-0.05, 0) is 25.0 Å². The molecule has 0 bridgehead atoms. The predicted octanol–water partition coefficient (Wildman–Crippen LogP) is 3.63. The molecule has 0 amide bonds. The van der Waals surface area contributed by atoms with Crippen molar-refractivity contribution in [3.05, 3.63) is 23.8 Å². The van der Waals surface area contributed by atoms with Gasteiger partial charge in [0.2, 0.25) is 0 Å². The smallest absolute Gasteiger partial charge is 0.194 e. The number of carbonyl (C=O) groups excluding carboxylic acids is 1. The first-order valence-corrected chi connectivity index (χ1v) is 7.48. The quantitative estimate of drug-likeness (QED) is 0.614. The van der Waals surface area contributed by atoms with Crippen molar-refractivity contribution < 1.29 is 19.0 Å². The molecule has 2 rings (SSSR count). The molecule has 0 radical (unpaired) electrons. The van der Waals surface area contributed by atoms with Crippen LogP contribution in [0, 0.1) is 0 Å². The third-order valence-corrected chi connectivity index (χ3v) is 4.33. The monoisotopic (exact) mass is 292 g/mol. The van der Waals surface area contributed by atoms with Crippen LogP contribution in [-0.4, -0.2) is 32.7 Å². The van der Waals surface area contributed by atoms with E-state index in [1.807, 2.05) is 0 Å². The fraction of sp³-hybridized carbons (Fsp3) is 0.588. The Labute approximate surface area is 126 Å². The van der Waals surface area contributed by atoms with E-state index in [9.17, 15) is 4.79 Å². The maximum atomic E-state index is 13.0. The van der Waals surface area contributed by atoms with E-state index < -0.39 is 5.60 Å². The molecule has 0 unspecified atom stereocenters. The molecule has 1 saturated carbocycles. The van der Waals surface area contributed by atoms with E-state index in [1.54, 1.807) is 39.5 Å². The van der Waals surface area contributed by atoms with Crippen LogP contribution in [0.5, 0.6) is 11.5 Å². The number of rotatable bonds is 5. The zero-order chi connectivity index (χ0) is 15.3. The molecule has 1 aliphatic rings. The van der Waals surface area contributed by atoms with Crippen molar-refractivity contribution in [1.29, 1.82) is 0 Å². The Bertz CT molecular complexity index is 465. The summed E-state index contributed by atoms with van der Waals surface area (Å²) in [7, 11) is 4.81. The van der Waals surface area contributed by atoms with Gasteiger partial charge in [-0.3, -0.25) is 4.79 Å². The maximum absolute atomic E-state index is 13.0. The molecule has 0 N–H and O–H groups in total. The first-order valence-electron chi connectivity index (χ1n) is 7.48. The van der Waals surface area contributed by atoms with Gasteiger partial charge in [0.25, 0.3) is 0 Å². The highest BCUT2D eigenvalue weighted by Crippen LogP contribution is 2.35. The summed E-state index contributed by atoms with van der Waals surface area (Å²) < 4.78 is 16.2. The highest BCUT2D eigenvalue weighted by atomic mass is 16.5. The Hall–Kier alpha value is -1.55. The van der Waals surface area contributed by atoms with Crippen molar-refractivity contribution in [2.24, 2.45) is 0 Å². The number of ketones is 1. The molecular weight excluding hydrogens is 268 g/mol. The van der Waals surface area contributed by atoms with Crippen molar-refractivity contribution in [1.82, 2.24) is 0 Å². The molecule has 0 spiro atoms. The molecule has 0 heterocycles. The minimum atomic E-state index is -0.701. The predicted molar refractivity (Wildman–Crippen MR) is 81.3 cm³/mol. The first kappa shape index (κ1) is 15.8. The summed E-state index contributed by atoms with van der Waals surface area (Å²) in [6, 6.07) is 5.29. The molecule has 4 heteroatoms. The summed E-state index contributed by atoms with van der Waals surface area (Å²) in [6.07, 6.45) is 5.95. The molecule has 1 fully saturated rings. The Morgan fingerprint density at radius 2 is 1.43 bits per heavy atom. The summed E-state index contributed by atoms with van der Waals surface area (Å²) in [4.78, 5) is 13.0. The average molecular weight is 292 g/mol. The van der Waals surface area contributed by atoms with E-state index in [1.165, 1.54) is 12.8 Å². The van der Waals surface area contributed by atoms with Crippen LogP contribution in [-0.2, 0) is 4.74 Å². The number of benzene rings is 1. The van der Waals surface area contributed by atoms with Crippen LogP contribution in [0.1, 0.15) is 48.9 Å². The molecule has 116 valence electrons. The van der Waals surface area contributed by atoms with Gasteiger partial charge in [-0.25, -0.2) is 0 Å². The molecule has 1 aromatic carbocycles. The van der Waals surface area contributed by atoms with Gasteiger partial charge in [-0.1, -0.05) is 25.7 Å². The first-order chi connectivity index (χ1) is 10.1. The highest BCUT2D eigenvalue weighted by Gasteiger charge is 2.39. The van der Waals surface area contributed by atoms with Gasteiger partial charge in [0.05, 0.1) is 14.2 Å². The van der Waals surface area contributed by atoms with E-state index in [0.717, 1.165) is 25.7 Å². The molecule has 0 aliphatic heterocycles. The molecule has 21 heavy (non-hydrogen) atoms. The number of ether oxygens (including phenoxy) is 3. The second kappa shape index (κ2) is 6.94. The molecule has 0 atom stereocenters. The summed E-state index contributed by atoms with van der Waals surface area (Å²) in [5.41, 5.74) is -0.108. The summed E-state index contributed by atoms with van der Waals surface area (Å²) in [5, 5.41) is 0. The van der Waals surface area contributed by atoms with Crippen molar-refractivity contribution in [2.75, 3.05) is 21.3 Å². The molecule has 1 aliphatic carbocycles. The van der Waals surface area contributed by atoms with Gasteiger partial charge in [0.1, 0.15) is 17.1 Å². The molecular formula is C17H24O4. The van der Waals surface area contributed by atoms with E-state index in [2.05, 4.69) is 0 Å². The lowest BCUT2D eigenvalue weighted by Crippen LogP contribution is -2.40. The van der Waals surface area contributed by atoms with E-state index in [4.69, 9.17) is 14.2 Å². The van der Waals surface area contributed by atoms with Crippen LogP contribution in [0.15, 0.2) is 18.2 Å². The minimum Gasteiger partial charge on any atom is -0.497 e. The SMILES string of the molecule is COc1cc(OC)cc(C(=O)C2(OC)CCCCCC2)c1. The summed E-state index contributed by atoms with van der Waals surface area (Å²) >= 11 is 0. The van der Waals surface area contributed by atoms with Crippen LogP contribution in [0.4, 0.5) is 0 Å². The Kier molecular flexibility index (Phi) is 5.23. The Balaban J connectivity index is 2.36. The lowest BCUT2D eigenvalue weighted by atomic mass is 9.85. The van der Waals surface area contributed by atoms with Crippen molar-refractivity contribution in [3.8, 4) is 11.5 Å². The Morgan fingerprint density at radius 3 is 1.86 bits per heavy atom. The van der Waals surface area contributed by atoms with E-state index >= 15 is 0 Å². The number of carbonyl (C=O) groups is 1. The van der Waals surface area contributed by atoms with Crippen LogP contribution in [0.25, 0.3) is 0 Å². The van der Waals surface area contributed by atoms with Crippen LogP contribution >= 0.6 is 0 Å². The molecule has 1 aromatic rings. The van der Waals surface area contributed by atoms with Gasteiger partial charge in [0.15, 0.2) is 5.78 Å². The lowest BCUT2D eigenvalue weighted by molar-refractivity contribution is -0.00695. The lowest BCUT2D eigenvalue weighted by Gasteiger charge is -2.30. The fourth-order valence-electron chi connectivity index (χ4n) is 3.03. The van der Waals surface area contributed by atoms with E-state index in [-0.39, 0.29) is 5.78 Å². The van der Waals surface area contributed by atoms with Gasteiger partial charge in [0, 0.05) is 18.7 Å². The van der Waals surface area contributed by atoms with Crippen LogP contribution in [0.3, 0.4) is 0 Å². The van der Waals surface area contributed by atoms with Crippen molar-refractivity contribution in [2.45, 2.75) is 44.1 Å². The van der Waals surface area contributed by atoms with Crippen molar-refractivity contribution >= 4 is 5.78 Å². The number of methoxy groups -OCH3 is 3. The normalized spacial score (nSPS) is 17.9. The topological polar surface area (TPSA) is 44.8 Å². The zero-order valence-corrected chi connectivity index (χ0v) is 13.1. The number of hydrogen-bond donors (Lipinski definition) is 0. The van der Waals surface area contributed by atoms with Crippen LogP contribution < -0.4 is 9.47 Å². The minimum absolute atomic E-state index is 0.0316. The molecule has 0 aromatic heterocycles. The Morgan fingerprint density at radius 1 is 0.905 bits per heavy atom. The van der Waals surface area contributed by atoms with Gasteiger partial charge in [-0.2, -0.15) is 0 Å². The second-order valence-electron chi connectivity index (χ2n) is 5.54. The van der Waals surface area contributed by atoms with Gasteiger partial charge >= 0.3 is 0 Å². The highest BCUT2D eigenvalue weighted by molar-refractivity contribution is 6.03. The molecule has 4 nitrogen and oxygen atoms in total. The van der Waals surface area contributed by atoms with Crippen molar-refractivity contribution in [3.63, 3.8) is 0 Å². The zero-order valence-electron chi connectivity index (χ0n) is 13.1. The number of hydrogen-bond acceptors (Lipinski definition) is 4. The number of Topliss-reactive ketones (excluding diaryl/α,β-unsaturated/α-hetero) is 1. The maximum Gasteiger partial charge on any atom is 0.194 e. The third kappa shape index (κ3) is 3.38. The largest absolute Gasteiger partial charge is 0.497 e. The van der Waals surface area contributed by atoms with E-state index in [0.29, 0.717) is 17.1 Å². The van der Waals surface area contributed by atoms with Gasteiger partial charge in [-0.15, -0.1) is 0 Å². The fourth-order valence-corrected chi connectivity index (χ4v) is 3.03. The summed E-state index contributed by atoms with van der Waals surface area (Å²) in [6.45, 7) is 0. The average Bonchev–Trinajstić information content (AvgIpc) is 2.80. The summed E-state index contributed by atoms with van der Waals surface area (Å²) in [5.74, 6) is 1.28. The second-order valence-corrected chi connectivity index (χ2v) is 5.54. The third-order valence-electron chi connectivity index (χ3n) is 4.33. The van der Waals surface area contributed by atoms with Crippen LogP contribution in [0.2, 0.25) is 0 Å². The standard InChI is InChI=1S/C17H24O4/c1-19-14-10-13(11-15(12-14)20-2)16(18)17(21-3)8-6-4-5-7-9-17/h10-12H,4-9H2,1-3H3. The molecule has 0 saturated heterocycles.